The second-order valence-corrected chi connectivity index (χ2v) is 5.03. The molecule has 0 aliphatic carbocycles. The quantitative estimate of drug-likeness (QED) is 0.813. The van der Waals surface area contributed by atoms with Crippen molar-refractivity contribution in [1.29, 1.82) is 0 Å². The molecule has 2 rings (SSSR count). The highest BCUT2D eigenvalue weighted by atomic mass is 32.1. The number of Topliss-reactive ketones (excluding diaryl/α,β-unsaturated/α-hetero) is 1. The van der Waals surface area contributed by atoms with E-state index in [-0.39, 0.29) is 5.78 Å². The number of rotatable bonds is 5. The fraction of sp³-hybridized carbons (Fsp3) is 0.267. The van der Waals surface area contributed by atoms with E-state index in [0.29, 0.717) is 6.42 Å². The highest BCUT2D eigenvalue weighted by molar-refractivity contribution is 7.08. The summed E-state index contributed by atoms with van der Waals surface area (Å²) >= 11 is 1.73. The molecular formula is C15H17NOS. The Labute approximate surface area is 112 Å². The Morgan fingerprint density at radius 2 is 1.94 bits per heavy atom. The zero-order valence-electron chi connectivity index (χ0n) is 10.7. The molecule has 0 unspecified atom stereocenters. The van der Waals surface area contributed by atoms with Gasteiger partial charge in [0.1, 0.15) is 0 Å². The first kappa shape index (κ1) is 12.8. The van der Waals surface area contributed by atoms with Crippen LogP contribution in [0.4, 0.5) is 5.69 Å². The number of hydrogen-bond donors (Lipinski definition) is 1. The molecule has 18 heavy (non-hydrogen) atoms. The number of thiophene rings is 1. The normalized spacial score (nSPS) is 10.3. The van der Waals surface area contributed by atoms with Gasteiger partial charge in [0.2, 0.25) is 0 Å². The predicted octanol–water partition coefficient (Wildman–Crippen LogP) is 4.26. The van der Waals surface area contributed by atoms with Crippen molar-refractivity contribution < 1.29 is 4.79 Å². The summed E-state index contributed by atoms with van der Waals surface area (Å²) in [5.74, 6) is 0.190. The lowest BCUT2D eigenvalue weighted by molar-refractivity contribution is 0.0988. The Hall–Kier alpha value is -1.61. The second kappa shape index (κ2) is 5.83. The summed E-state index contributed by atoms with van der Waals surface area (Å²) in [4.78, 5) is 11.5. The highest BCUT2D eigenvalue weighted by Crippen LogP contribution is 2.16. The van der Waals surface area contributed by atoms with E-state index < -0.39 is 0 Å². The van der Waals surface area contributed by atoms with Gasteiger partial charge in [0, 0.05) is 24.2 Å². The van der Waals surface area contributed by atoms with Crippen molar-refractivity contribution in [2.75, 3.05) is 5.32 Å². The summed E-state index contributed by atoms with van der Waals surface area (Å²) in [6, 6.07) is 7.69. The van der Waals surface area contributed by atoms with Crippen LogP contribution >= 0.6 is 11.3 Å². The third-order valence-corrected chi connectivity index (χ3v) is 3.88. The lowest BCUT2D eigenvalue weighted by atomic mass is 10.1. The molecule has 0 saturated carbocycles. The molecule has 3 heteroatoms. The smallest absolute Gasteiger partial charge is 0.162 e. The van der Waals surface area contributed by atoms with Crippen molar-refractivity contribution in [3.8, 4) is 0 Å². The lowest BCUT2D eigenvalue weighted by Gasteiger charge is -2.07. The van der Waals surface area contributed by atoms with Crippen LogP contribution in [0.2, 0.25) is 0 Å². The maximum atomic E-state index is 11.5. The molecule has 0 bridgehead atoms. The maximum absolute atomic E-state index is 11.5. The maximum Gasteiger partial charge on any atom is 0.162 e. The van der Waals surface area contributed by atoms with Crippen LogP contribution in [0.25, 0.3) is 0 Å². The summed E-state index contributed by atoms with van der Waals surface area (Å²) in [6.45, 7) is 4.83. The van der Waals surface area contributed by atoms with Crippen molar-refractivity contribution in [2.45, 2.75) is 26.8 Å². The number of aryl methyl sites for hydroxylation is 1. The van der Waals surface area contributed by atoms with Crippen LogP contribution in [0.15, 0.2) is 35.0 Å². The lowest BCUT2D eigenvalue weighted by Crippen LogP contribution is -2.01. The fourth-order valence-electron chi connectivity index (χ4n) is 1.74. The zero-order chi connectivity index (χ0) is 13.0. The summed E-state index contributed by atoms with van der Waals surface area (Å²) in [7, 11) is 0. The van der Waals surface area contributed by atoms with Crippen LogP contribution in [0, 0.1) is 6.92 Å². The van der Waals surface area contributed by atoms with E-state index in [1.165, 1.54) is 11.1 Å². The van der Waals surface area contributed by atoms with Gasteiger partial charge >= 0.3 is 0 Å². The largest absolute Gasteiger partial charge is 0.381 e. The van der Waals surface area contributed by atoms with Gasteiger partial charge in [0.05, 0.1) is 0 Å². The van der Waals surface area contributed by atoms with Gasteiger partial charge < -0.3 is 5.32 Å². The monoisotopic (exact) mass is 259 g/mol. The molecule has 94 valence electrons. The van der Waals surface area contributed by atoms with E-state index in [1.807, 2.05) is 31.2 Å². The highest BCUT2D eigenvalue weighted by Gasteiger charge is 2.03. The van der Waals surface area contributed by atoms with E-state index >= 15 is 0 Å². The van der Waals surface area contributed by atoms with Gasteiger partial charge in [0.15, 0.2) is 5.78 Å². The zero-order valence-corrected chi connectivity index (χ0v) is 11.5. The molecule has 0 saturated heterocycles. The number of nitrogens with one attached hydrogen (secondary N) is 1. The molecule has 0 amide bonds. The molecule has 1 aromatic heterocycles. The molecule has 2 nitrogen and oxygen atoms in total. The number of hydrogen-bond acceptors (Lipinski definition) is 3. The number of carbonyl (C=O) groups is 1. The van der Waals surface area contributed by atoms with Crippen LogP contribution in [0.5, 0.6) is 0 Å². The summed E-state index contributed by atoms with van der Waals surface area (Å²) in [6.07, 6.45) is 0.556. The molecular weight excluding hydrogens is 242 g/mol. The minimum absolute atomic E-state index is 0.190. The molecule has 1 aromatic carbocycles. The Kier molecular flexibility index (Phi) is 4.15. The number of benzene rings is 1. The average molecular weight is 259 g/mol. The Morgan fingerprint density at radius 1 is 1.22 bits per heavy atom. The van der Waals surface area contributed by atoms with Crippen LogP contribution in [0.1, 0.15) is 34.8 Å². The Balaban J connectivity index is 1.98. The van der Waals surface area contributed by atoms with Gasteiger partial charge in [-0.1, -0.05) is 6.92 Å². The number of carbonyl (C=O) groups excluding carboxylic acids is 1. The third kappa shape index (κ3) is 2.99. The van der Waals surface area contributed by atoms with Crippen molar-refractivity contribution >= 4 is 22.8 Å². The van der Waals surface area contributed by atoms with Crippen molar-refractivity contribution in [1.82, 2.24) is 0 Å². The average Bonchev–Trinajstić information content (AvgIpc) is 2.81. The predicted molar refractivity (Wildman–Crippen MR) is 77.4 cm³/mol. The van der Waals surface area contributed by atoms with Crippen LogP contribution in [-0.4, -0.2) is 5.78 Å². The Bertz CT molecular complexity index is 528. The molecule has 2 aromatic rings. The first-order valence-corrected chi connectivity index (χ1v) is 7.03. The van der Waals surface area contributed by atoms with Crippen molar-refractivity contribution in [3.05, 3.63) is 51.7 Å². The van der Waals surface area contributed by atoms with Crippen LogP contribution < -0.4 is 5.32 Å². The van der Waals surface area contributed by atoms with Crippen LogP contribution in [0.3, 0.4) is 0 Å². The fourth-order valence-corrected chi connectivity index (χ4v) is 2.60. The van der Waals surface area contributed by atoms with E-state index in [4.69, 9.17) is 0 Å². The first-order chi connectivity index (χ1) is 8.70. The summed E-state index contributed by atoms with van der Waals surface area (Å²) in [5, 5.41) is 7.68. The van der Waals surface area contributed by atoms with Crippen molar-refractivity contribution in [3.63, 3.8) is 0 Å². The first-order valence-electron chi connectivity index (χ1n) is 6.09. The second-order valence-electron chi connectivity index (χ2n) is 4.29. The number of ketones is 1. The Morgan fingerprint density at radius 3 is 2.50 bits per heavy atom. The molecule has 1 N–H and O–H groups in total. The minimum atomic E-state index is 0.190. The minimum Gasteiger partial charge on any atom is -0.381 e. The molecule has 1 heterocycles. The summed E-state index contributed by atoms with van der Waals surface area (Å²) < 4.78 is 0. The van der Waals surface area contributed by atoms with Crippen LogP contribution in [-0.2, 0) is 6.54 Å². The van der Waals surface area contributed by atoms with Gasteiger partial charge in [-0.2, -0.15) is 11.3 Å². The van der Waals surface area contributed by atoms with E-state index in [9.17, 15) is 4.79 Å². The standard InChI is InChI=1S/C15H17NOS/c1-3-15(17)12-4-6-14(7-5-12)16-8-13-10-18-9-11(13)2/h4-7,9-10,16H,3,8H2,1-2H3. The molecule has 0 aliphatic heterocycles. The molecule has 0 aliphatic rings. The molecule has 0 spiro atoms. The van der Waals surface area contributed by atoms with Gasteiger partial charge in [0.25, 0.3) is 0 Å². The van der Waals surface area contributed by atoms with E-state index in [2.05, 4.69) is 23.0 Å². The SMILES string of the molecule is CCC(=O)c1ccc(NCc2cscc2C)cc1. The topological polar surface area (TPSA) is 29.1 Å². The van der Waals surface area contributed by atoms with E-state index in [1.54, 1.807) is 11.3 Å². The molecule has 0 atom stereocenters. The van der Waals surface area contributed by atoms with Gasteiger partial charge in [-0.3, -0.25) is 4.79 Å². The summed E-state index contributed by atoms with van der Waals surface area (Å²) in [5.41, 5.74) is 4.49. The van der Waals surface area contributed by atoms with Gasteiger partial charge in [-0.15, -0.1) is 0 Å². The number of anilines is 1. The third-order valence-electron chi connectivity index (χ3n) is 2.97. The molecule has 0 radical (unpaired) electrons. The van der Waals surface area contributed by atoms with E-state index in [0.717, 1.165) is 17.8 Å². The van der Waals surface area contributed by atoms with Gasteiger partial charge in [-0.05, 0) is 53.1 Å². The van der Waals surface area contributed by atoms with Gasteiger partial charge in [-0.25, -0.2) is 0 Å². The molecule has 0 fully saturated rings. The van der Waals surface area contributed by atoms with Crippen molar-refractivity contribution in [2.24, 2.45) is 0 Å².